The predicted molar refractivity (Wildman–Crippen MR) is 71.5 cm³/mol. The number of thiazole rings is 1. The van der Waals surface area contributed by atoms with Gasteiger partial charge in [0.2, 0.25) is 5.91 Å². The van der Waals surface area contributed by atoms with Gasteiger partial charge in [-0.3, -0.25) is 4.79 Å². The molecule has 0 aliphatic heterocycles. The first-order chi connectivity index (χ1) is 6.58. The Morgan fingerprint density at radius 3 is 2.69 bits per heavy atom. The van der Waals surface area contributed by atoms with Gasteiger partial charge in [0, 0.05) is 23.5 Å². The molecule has 1 aromatic rings. The van der Waals surface area contributed by atoms with E-state index >= 15 is 0 Å². The molecule has 0 bridgehead atoms. The van der Waals surface area contributed by atoms with Crippen molar-refractivity contribution in [2.75, 3.05) is 0 Å². The topological polar surface area (TPSA) is 68.0 Å². The number of rotatable bonds is 4. The molecule has 0 saturated heterocycles. The number of aryl methyl sites for hydroxylation is 1. The van der Waals surface area contributed by atoms with Gasteiger partial charge in [-0.05, 0) is 13.8 Å². The summed E-state index contributed by atoms with van der Waals surface area (Å²) in [5.74, 6) is -0.00828. The molecule has 7 heteroatoms. The number of halogens is 2. The number of hydrogen-bond acceptors (Lipinski definition) is 4. The van der Waals surface area contributed by atoms with Crippen molar-refractivity contribution < 1.29 is 4.79 Å². The van der Waals surface area contributed by atoms with Crippen LogP contribution in [0.15, 0.2) is 6.20 Å². The minimum Gasteiger partial charge on any atom is -0.351 e. The van der Waals surface area contributed by atoms with Crippen molar-refractivity contribution in [1.29, 1.82) is 0 Å². The number of nitrogens with zero attached hydrogens (tertiary/aromatic N) is 1. The molecule has 0 spiro atoms. The SMILES string of the molecule is Cc1ncc(CNC(=O)CC(C)N)s1.Cl.Cl. The van der Waals surface area contributed by atoms with Crippen LogP contribution in [0.2, 0.25) is 0 Å². The van der Waals surface area contributed by atoms with Crippen molar-refractivity contribution >= 4 is 42.1 Å². The van der Waals surface area contributed by atoms with E-state index in [1.807, 2.05) is 13.8 Å². The van der Waals surface area contributed by atoms with Gasteiger partial charge in [0.05, 0.1) is 11.6 Å². The van der Waals surface area contributed by atoms with Gasteiger partial charge in [0.15, 0.2) is 0 Å². The summed E-state index contributed by atoms with van der Waals surface area (Å²) in [5, 5.41) is 3.81. The zero-order chi connectivity index (χ0) is 10.6. The minimum absolute atomic E-state index is 0. The summed E-state index contributed by atoms with van der Waals surface area (Å²) in [6.07, 6.45) is 2.16. The fourth-order valence-corrected chi connectivity index (χ4v) is 1.77. The molecule has 0 fully saturated rings. The van der Waals surface area contributed by atoms with Crippen molar-refractivity contribution in [2.45, 2.75) is 32.9 Å². The zero-order valence-corrected chi connectivity index (χ0v) is 11.7. The highest BCUT2D eigenvalue weighted by molar-refractivity contribution is 7.11. The lowest BCUT2D eigenvalue weighted by Crippen LogP contribution is -2.29. The molecular weight excluding hydrogens is 269 g/mol. The molecule has 1 atom stereocenters. The van der Waals surface area contributed by atoms with Crippen LogP contribution in [-0.4, -0.2) is 16.9 Å². The Bertz CT molecular complexity index is 317. The smallest absolute Gasteiger partial charge is 0.221 e. The van der Waals surface area contributed by atoms with Crippen molar-refractivity contribution in [3.63, 3.8) is 0 Å². The van der Waals surface area contributed by atoms with E-state index in [4.69, 9.17) is 5.73 Å². The zero-order valence-electron chi connectivity index (χ0n) is 9.23. The maximum atomic E-state index is 11.2. The molecule has 16 heavy (non-hydrogen) atoms. The van der Waals surface area contributed by atoms with Crippen LogP contribution in [0.1, 0.15) is 23.2 Å². The van der Waals surface area contributed by atoms with E-state index in [-0.39, 0.29) is 36.8 Å². The lowest BCUT2D eigenvalue weighted by atomic mass is 10.2. The summed E-state index contributed by atoms with van der Waals surface area (Å²) in [5.41, 5.74) is 5.50. The van der Waals surface area contributed by atoms with Crippen molar-refractivity contribution in [3.05, 3.63) is 16.1 Å². The van der Waals surface area contributed by atoms with E-state index in [0.717, 1.165) is 9.88 Å². The lowest BCUT2D eigenvalue weighted by molar-refractivity contribution is -0.121. The third-order valence-electron chi connectivity index (χ3n) is 1.64. The highest BCUT2D eigenvalue weighted by Crippen LogP contribution is 2.10. The molecule has 1 unspecified atom stereocenters. The summed E-state index contributed by atoms with van der Waals surface area (Å²) in [4.78, 5) is 16.4. The van der Waals surface area contributed by atoms with Crippen molar-refractivity contribution in [1.82, 2.24) is 10.3 Å². The number of carbonyl (C=O) groups excluding carboxylic acids is 1. The third-order valence-corrected chi connectivity index (χ3v) is 2.55. The summed E-state index contributed by atoms with van der Waals surface area (Å²) in [7, 11) is 0. The number of hydrogen-bond donors (Lipinski definition) is 2. The van der Waals surface area contributed by atoms with Gasteiger partial charge >= 0.3 is 0 Å². The maximum absolute atomic E-state index is 11.2. The van der Waals surface area contributed by atoms with Crippen LogP contribution in [0.3, 0.4) is 0 Å². The van der Waals surface area contributed by atoms with Gasteiger partial charge in [-0.15, -0.1) is 36.2 Å². The molecule has 0 aliphatic carbocycles. The van der Waals surface area contributed by atoms with Gasteiger partial charge in [0.25, 0.3) is 0 Å². The number of carbonyl (C=O) groups is 1. The molecule has 1 amide bonds. The van der Waals surface area contributed by atoms with E-state index < -0.39 is 0 Å². The van der Waals surface area contributed by atoms with E-state index in [9.17, 15) is 4.79 Å². The number of nitrogens with one attached hydrogen (secondary N) is 1. The van der Waals surface area contributed by atoms with Gasteiger partial charge in [-0.1, -0.05) is 0 Å². The van der Waals surface area contributed by atoms with E-state index in [0.29, 0.717) is 13.0 Å². The van der Waals surface area contributed by atoms with Crippen LogP contribution in [0.4, 0.5) is 0 Å². The molecule has 4 nitrogen and oxygen atoms in total. The monoisotopic (exact) mass is 285 g/mol. The van der Waals surface area contributed by atoms with Gasteiger partial charge < -0.3 is 11.1 Å². The van der Waals surface area contributed by atoms with E-state index in [1.165, 1.54) is 0 Å². The second kappa shape index (κ2) is 8.75. The van der Waals surface area contributed by atoms with Gasteiger partial charge in [0.1, 0.15) is 0 Å². The molecule has 3 N–H and O–H groups in total. The Balaban J connectivity index is 0. The normalized spacial score (nSPS) is 10.9. The Morgan fingerprint density at radius 1 is 1.62 bits per heavy atom. The standard InChI is InChI=1S/C9H15N3OS.2ClH/c1-6(10)3-9(13)12-5-8-4-11-7(2)14-8;;/h4,6H,3,5,10H2,1-2H3,(H,12,13);2*1H. The Hall–Kier alpha value is -0.360. The lowest BCUT2D eigenvalue weighted by Gasteiger charge is -2.05. The van der Waals surface area contributed by atoms with Crippen LogP contribution in [0, 0.1) is 6.92 Å². The average molecular weight is 286 g/mol. The molecule has 1 heterocycles. The molecule has 94 valence electrons. The second-order valence-corrected chi connectivity index (χ2v) is 4.62. The largest absolute Gasteiger partial charge is 0.351 e. The van der Waals surface area contributed by atoms with Crippen LogP contribution >= 0.6 is 36.2 Å². The van der Waals surface area contributed by atoms with E-state index in [2.05, 4.69) is 10.3 Å². The number of aromatic nitrogens is 1. The molecule has 0 radical (unpaired) electrons. The highest BCUT2D eigenvalue weighted by Gasteiger charge is 2.05. The van der Waals surface area contributed by atoms with Crippen molar-refractivity contribution in [2.24, 2.45) is 5.73 Å². The minimum atomic E-state index is -0.0850. The number of nitrogens with two attached hydrogens (primary N) is 1. The fraction of sp³-hybridized carbons (Fsp3) is 0.556. The van der Waals surface area contributed by atoms with Crippen LogP contribution in [-0.2, 0) is 11.3 Å². The molecule has 0 aromatic carbocycles. The summed E-state index contributed by atoms with van der Waals surface area (Å²) in [6.45, 7) is 4.31. The second-order valence-electron chi connectivity index (χ2n) is 3.30. The molecule has 1 rings (SSSR count). The van der Waals surface area contributed by atoms with Crippen LogP contribution in [0.5, 0.6) is 0 Å². The average Bonchev–Trinajstić information content (AvgIpc) is 2.47. The molecular formula is C9H17Cl2N3OS. The molecule has 0 aliphatic rings. The summed E-state index contributed by atoms with van der Waals surface area (Å²) in [6, 6.07) is -0.0850. The van der Waals surface area contributed by atoms with Crippen LogP contribution in [0.25, 0.3) is 0 Å². The maximum Gasteiger partial charge on any atom is 0.221 e. The van der Waals surface area contributed by atoms with Gasteiger partial charge in [-0.2, -0.15) is 0 Å². The first-order valence-corrected chi connectivity index (χ1v) is 5.33. The van der Waals surface area contributed by atoms with Crippen LogP contribution < -0.4 is 11.1 Å². The Morgan fingerprint density at radius 2 is 2.25 bits per heavy atom. The Kier molecular flexibility index (Phi) is 9.86. The quantitative estimate of drug-likeness (QED) is 0.884. The van der Waals surface area contributed by atoms with Gasteiger partial charge in [-0.25, -0.2) is 4.98 Å². The summed E-state index contributed by atoms with van der Waals surface area (Å²) >= 11 is 1.59. The Labute approximate surface area is 112 Å². The first kappa shape index (κ1) is 18.0. The first-order valence-electron chi connectivity index (χ1n) is 4.51. The third kappa shape index (κ3) is 7.00. The fourth-order valence-electron chi connectivity index (χ4n) is 1.04. The highest BCUT2D eigenvalue weighted by atomic mass is 35.5. The number of amides is 1. The summed E-state index contributed by atoms with van der Waals surface area (Å²) < 4.78 is 0. The van der Waals surface area contributed by atoms with Crippen molar-refractivity contribution in [3.8, 4) is 0 Å². The molecule has 1 aromatic heterocycles. The van der Waals surface area contributed by atoms with E-state index in [1.54, 1.807) is 17.5 Å². The molecule has 0 saturated carbocycles. The predicted octanol–water partition coefficient (Wildman–Crippen LogP) is 1.65.